The summed E-state index contributed by atoms with van der Waals surface area (Å²) in [5.74, 6) is 1.20. The highest BCUT2D eigenvalue weighted by Gasteiger charge is 2.31. The predicted molar refractivity (Wildman–Crippen MR) is 106 cm³/mol. The number of nitrogens with one attached hydrogen (secondary N) is 1. The number of nitrogens with zero attached hydrogens (tertiary/aromatic N) is 2. The molecule has 0 spiro atoms. The number of amides is 1. The number of hydrogen-bond donors (Lipinski definition) is 1. The zero-order chi connectivity index (χ0) is 20.4. The van der Waals surface area contributed by atoms with Crippen LogP contribution in [0.3, 0.4) is 0 Å². The Hall–Kier alpha value is -2.54. The lowest BCUT2D eigenvalue weighted by atomic mass is 9.99. The maximum atomic E-state index is 12.9. The van der Waals surface area contributed by atoms with Gasteiger partial charge in [-0.3, -0.25) is 9.48 Å². The Morgan fingerprint density at radius 3 is 2.79 bits per heavy atom. The van der Waals surface area contributed by atoms with Crippen LogP contribution in [0.4, 0.5) is 0 Å². The normalized spacial score (nSPS) is 18.7. The highest BCUT2D eigenvalue weighted by atomic mass is 16.5. The van der Waals surface area contributed by atoms with Crippen LogP contribution in [0.1, 0.15) is 61.1 Å². The lowest BCUT2D eigenvalue weighted by Gasteiger charge is -2.24. The molecule has 1 aromatic heterocycles. The van der Waals surface area contributed by atoms with E-state index in [1.807, 2.05) is 45.9 Å². The fourth-order valence-corrected chi connectivity index (χ4v) is 3.59. The van der Waals surface area contributed by atoms with Gasteiger partial charge in [-0.1, -0.05) is 6.07 Å². The van der Waals surface area contributed by atoms with Crippen molar-refractivity contribution in [1.29, 1.82) is 0 Å². The van der Waals surface area contributed by atoms with Crippen molar-refractivity contribution in [3.05, 3.63) is 40.7 Å². The third-order valence-electron chi connectivity index (χ3n) is 4.75. The Bertz CT molecular complexity index is 860. The SMILES string of the molecule is COc1cc(CNC(=O)c2c3c(nn2C)[C@H](C)O[C@H](C)C3)ccc1OC(C)C. The van der Waals surface area contributed by atoms with Crippen LogP contribution in [-0.4, -0.2) is 35.0 Å². The second-order valence-electron chi connectivity index (χ2n) is 7.46. The highest BCUT2D eigenvalue weighted by molar-refractivity contribution is 5.94. The zero-order valence-corrected chi connectivity index (χ0v) is 17.4. The van der Waals surface area contributed by atoms with E-state index in [9.17, 15) is 4.79 Å². The monoisotopic (exact) mass is 387 g/mol. The van der Waals surface area contributed by atoms with Gasteiger partial charge in [0.1, 0.15) is 5.69 Å². The summed E-state index contributed by atoms with van der Waals surface area (Å²) in [6.07, 6.45) is 0.704. The highest BCUT2D eigenvalue weighted by Crippen LogP contribution is 2.31. The molecule has 1 aromatic carbocycles. The Balaban J connectivity index is 1.75. The van der Waals surface area contributed by atoms with Crippen molar-refractivity contribution >= 4 is 5.91 Å². The van der Waals surface area contributed by atoms with Crippen molar-refractivity contribution in [3.63, 3.8) is 0 Å². The van der Waals surface area contributed by atoms with Crippen LogP contribution < -0.4 is 14.8 Å². The van der Waals surface area contributed by atoms with E-state index in [0.717, 1.165) is 16.8 Å². The molecule has 0 unspecified atom stereocenters. The Morgan fingerprint density at radius 1 is 1.36 bits per heavy atom. The molecule has 28 heavy (non-hydrogen) atoms. The second kappa shape index (κ2) is 8.22. The summed E-state index contributed by atoms with van der Waals surface area (Å²) in [5, 5.41) is 7.50. The standard InChI is InChI=1S/C21H29N3O4/c1-12(2)27-17-8-7-15(10-18(17)26-6)11-22-21(25)20-16-9-13(3)28-14(4)19(16)23-24(20)5/h7-8,10,12-14H,9,11H2,1-6H3,(H,22,25)/t13-,14+/m1/s1. The van der Waals surface area contributed by atoms with Gasteiger partial charge in [-0.15, -0.1) is 0 Å². The van der Waals surface area contributed by atoms with E-state index in [1.165, 1.54) is 0 Å². The topological polar surface area (TPSA) is 74.6 Å². The molecule has 2 atom stereocenters. The van der Waals surface area contributed by atoms with E-state index in [-0.39, 0.29) is 24.2 Å². The summed E-state index contributed by atoms with van der Waals surface area (Å²) in [5.41, 5.74) is 3.36. The molecule has 7 heteroatoms. The molecule has 0 bridgehead atoms. The third kappa shape index (κ3) is 4.14. The fraction of sp³-hybridized carbons (Fsp3) is 0.524. The van der Waals surface area contributed by atoms with E-state index in [1.54, 1.807) is 18.8 Å². The minimum atomic E-state index is -0.140. The van der Waals surface area contributed by atoms with Crippen LogP contribution in [0, 0.1) is 0 Å². The fourth-order valence-electron chi connectivity index (χ4n) is 3.59. The number of benzene rings is 1. The van der Waals surface area contributed by atoms with Gasteiger partial charge in [0.2, 0.25) is 0 Å². The molecule has 1 N–H and O–H groups in total. The molecule has 2 aromatic rings. The predicted octanol–water partition coefficient (Wildman–Crippen LogP) is 3.17. The lowest BCUT2D eigenvalue weighted by Crippen LogP contribution is -2.28. The average Bonchev–Trinajstić information content (AvgIpc) is 2.96. The summed E-state index contributed by atoms with van der Waals surface area (Å²) in [4.78, 5) is 12.9. The van der Waals surface area contributed by atoms with Crippen molar-refractivity contribution in [3.8, 4) is 11.5 Å². The molecule has 152 valence electrons. The maximum Gasteiger partial charge on any atom is 0.270 e. The first-order valence-electron chi connectivity index (χ1n) is 9.63. The molecule has 7 nitrogen and oxygen atoms in total. The lowest BCUT2D eigenvalue weighted by molar-refractivity contribution is -0.00710. The third-order valence-corrected chi connectivity index (χ3v) is 4.75. The summed E-state index contributed by atoms with van der Waals surface area (Å²) >= 11 is 0. The molecule has 1 amide bonds. The number of ether oxygens (including phenoxy) is 3. The number of aromatic nitrogens is 2. The Kier molecular flexibility index (Phi) is 5.93. The van der Waals surface area contributed by atoms with Crippen LogP contribution in [0.2, 0.25) is 0 Å². The van der Waals surface area contributed by atoms with Crippen molar-refractivity contribution in [2.45, 2.75) is 59.0 Å². The quantitative estimate of drug-likeness (QED) is 0.824. The van der Waals surface area contributed by atoms with Gasteiger partial charge in [0.15, 0.2) is 11.5 Å². The van der Waals surface area contributed by atoms with Gasteiger partial charge in [-0.25, -0.2) is 0 Å². The molecule has 1 aliphatic heterocycles. The first-order chi connectivity index (χ1) is 13.3. The number of methoxy groups -OCH3 is 1. The van der Waals surface area contributed by atoms with Crippen molar-refractivity contribution < 1.29 is 19.0 Å². The summed E-state index contributed by atoms with van der Waals surface area (Å²) < 4.78 is 18.6. The number of aryl methyl sites for hydroxylation is 1. The zero-order valence-electron chi connectivity index (χ0n) is 17.4. The molecule has 0 radical (unpaired) electrons. The van der Waals surface area contributed by atoms with Crippen LogP contribution in [0.15, 0.2) is 18.2 Å². The number of rotatable bonds is 6. The van der Waals surface area contributed by atoms with Gasteiger partial charge in [0, 0.05) is 25.6 Å². The second-order valence-corrected chi connectivity index (χ2v) is 7.46. The number of carbonyl (C=O) groups is 1. The summed E-state index contributed by atoms with van der Waals surface area (Å²) in [6.45, 7) is 8.31. The molecular weight excluding hydrogens is 358 g/mol. The summed E-state index contributed by atoms with van der Waals surface area (Å²) in [6, 6.07) is 5.68. The molecule has 0 saturated heterocycles. The summed E-state index contributed by atoms with van der Waals surface area (Å²) in [7, 11) is 3.41. The molecule has 1 aliphatic rings. The van der Waals surface area contributed by atoms with Crippen LogP contribution in [0.5, 0.6) is 11.5 Å². The van der Waals surface area contributed by atoms with Crippen molar-refractivity contribution in [1.82, 2.24) is 15.1 Å². The van der Waals surface area contributed by atoms with E-state index >= 15 is 0 Å². The average molecular weight is 387 g/mol. The van der Waals surface area contributed by atoms with E-state index in [2.05, 4.69) is 10.4 Å². The Morgan fingerprint density at radius 2 is 2.11 bits per heavy atom. The first kappa shape index (κ1) is 20.2. The van der Waals surface area contributed by atoms with E-state index in [4.69, 9.17) is 14.2 Å². The molecule has 2 heterocycles. The maximum absolute atomic E-state index is 12.9. The largest absolute Gasteiger partial charge is 0.493 e. The van der Waals surface area contributed by atoms with Gasteiger partial charge >= 0.3 is 0 Å². The van der Waals surface area contributed by atoms with Crippen LogP contribution >= 0.6 is 0 Å². The van der Waals surface area contributed by atoms with Gasteiger partial charge in [0.25, 0.3) is 5.91 Å². The number of fused-ring (bicyclic) bond motifs is 1. The van der Waals surface area contributed by atoms with Crippen LogP contribution in [-0.2, 0) is 24.8 Å². The minimum Gasteiger partial charge on any atom is -0.493 e. The van der Waals surface area contributed by atoms with Crippen molar-refractivity contribution in [2.75, 3.05) is 7.11 Å². The minimum absolute atomic E-state index is 0.0595. The molecule has 0 saturated carbocycles. The first-order valence-corrected chi connectivity index (χ1v) is 9.63. The number of hydrogen-bond acceptors (Lipinski definition) is 5. The molecular formula is C21H29N3O4. The molecule has 0 fully saturated rings. The van der Waals surface area contributed by atoms with Gasteiger partial charge in [0.05, 0.1) is 31.1 Å². The van der Waals surface area contributed by atoms with Crippen molar-refractivity contribution in [2.24, 2.45) is 7.05 Å². The van der Waals surface area contributed by atoms with E-state index < -0.39 is 0 Å². The van der Waals surface area contributed by atoms with Gasteiger partial charge in [-0.05, 0) is 45.4 Å². The molecule has 3 rings (SSSR count). The van der Waals surface area contributed by atoms with Gasteiger partial charge < -0.3 is 19.5 Å². The number of carbonyl (C=O) groups excluding carboxylic acids is 1. The Labute approximate surface area is 166 Å². The smallest absolute Gasteiger partial charge is 0.270 e. The van der Waals surface area contributed by atoms with E-state index in [0.29, 0.717) is 30.2 Å². The van der Waals surface area contributed by atoms with Gasteiger partial charge in [-0.2, -0.15) is 5.10 Å². The molecule has 0 aliphatic carbocycles. The van der Waals surface area contributed by atoms with Crippen LogP contribution in [0.25, 0.3) is 0 Å².